The van der Waals surface area contributed by atoms with E-state index in [-0.39, 0.29) is 12.0 Å². The fourth-order valence-corrected chi connectivity index (χ4v) is 3.03. The second-order valence-electron chi connectivity index (χ2n) is 4.83. The molecule has 1 aromatic rings. The molecule has 0 aliphatic rings. The molecule has 0 aliphatic carbocycles. The van der Waals surface area contributed by atoms with Gasteiger partial charge in [-0.05, 0) is 38.5 Å². The summed E-state index contributed by atoms with van der Waals surface area (Å²) in [6.45, 7) is 2.87. The van der Waals surface area contributed by atoms with Gasteiger partial charge in [-0.2, -0.15) is 0 Å². The lowest BCUT2D eigenvalue weighted by molar-refractivity contribution is 0.0695. The third kappa shape index (κ3) is 4.29. The van der Waals surface area contributed by atoms with E-state index in [1.54, 1.807) is 0 Å². The van der Waals surface area contributed by atoms with Crippen LogP contribution in [-0.4, -0.2) is 36.0 Å². The normalized spacial score (nSPS) is 12.4. The number of halogens is 1. The van der Waals surface area contributed by atoms with Crippen LogP contribution in [-0.2, 0) is 9.84 Å². The van der Waals surface area contributed by atoms with E-state index in [1.165, 1.54) is 13.8 Å². The van der Waals surface area contributed by atoms with Crippen molar-refractivity contribution in [2.45, 2.75) is 30.8 Å². The molecule has 0 fully saturated rings. The average molecular weight is 290 g/mol. The first-order chi connectivity index (χ1) is 8.53. The van der Waals surface area contributed by atoms with Crippen molar-refractivity contribution in [3.63, 3.8) is 0 Å². The zero-order valence-electron chi connectivity index (χ0n) is 10.6. The van der Waals surface area contributed by atoms with E-state index in [1.807, 2.05) is 0 Å². The molecule has 1 rings (SSSR count). The van der Waals surface area contributed by atoms with E-state index >= 15 is 0 Å². The van der Waals surface area contributed by atoms with Crippen molar-refractivity contribution in [3.05, 3.63) is 29.6 Å². The molecular formula is C12H15FO5S. The summed E-state index contributed by atoms with van der Waals surface area (Å²) in [5.74, 6) is -2.80. The highest BCUT2D eigenvalue weighted by Gasteiger charge is 2.24. The van der Waals surface area contributed by atoms with Gasteiger partial charge in [0, 0.05) is 0 Å². The van der Waals surface area contributed by atoms with E-state index in [2.05, 4.69) is 0 Å². The Morgan fingerprint density at radius 3 is 2.42 bits per heavy atom. The van der Waals surface area contributed by atoms with Gasteiger partial charge in [-0.1, -0.05) is 0 Å². The van der Waals surface area contributed by atoms with Crippen molar-refractivity contribution in [2.24, 2.45) is 0 Å². The Bertz CT molecular complexity index is 587. The highest BCUT2D eigenvalue weighted by atomic mass is 32.2. The Labute approximate surface area is 110 Å². The van der Waals surface area contributed by atoms with Crippen molar-refractivity contribution in [3.8, 4) is 0 Å². The molecule has 7 heteroatoms. The molecule has 1 aromatic carbocycles. The van der Waals surface area contributed by atoms with Crippen molar-refractivity contribution in [2.75, 3.05) is 5.75 Å². The van der Waals surface area contributed by atoms with Crippen LogP contribution in [0, 0.1) is 5.82 Å². The molecule has 0 heterocycles. The molecule has 0 aliphatic heterocycles. The third-order valence-electron chi connectivity index (χ3n) is 2.50. The van der Waals surface area contributed by atoms with Crippen LogP contribution in [0.5, 0.6) is 0 Å². The zero-order chi connectivity index (χ0) is 14.8. The van der Waals surface area contributed by atoms with Gasteiger partial charge in [-0.25, -0.2) is 17.6 Å². The third-order valence-corrected chi connectivity index (χ3v) is 4.22. The van der Waals surface area contributed by atoms with Crippen molar-refractivity contribution >= 4 is 15.8 Å². The molecule has 19 heavy (non-hydrogen) atoms. The lowest BCUT2D eigenvalue weighted by Crippen LogP contribution is -2.23. The van der Waals surface area contributed by atoms with E-state index in [9.17, 15) is 22.7 Å². The zero-order valence-corrected chi connectivity index (χ0v) is 11.4. The molecule has 0 amide bonds. The Morgan fingerprint density at radius 2 is 1.95 bits per heavy atom. The minimum Gasteiger partial charge on any atom is -0.478 e. The SMILES string of the molecule is CC(C)(O)CCS(=O)(=O)c1cc(C(=O)O)ccc1F. The molecule has 0 bridgehead atoms. The predicted octanol–water partition coefficient (Wildman–Crippen LogP) is 1.46. The topological polar surface area (TPSA) is 91.7 Å². The molecule has 0 saturated carbocycles. The quantitative estimate of drug-likeness (QED) is 0.856. The highest BCUT2D eigenvalue weighted by Crippen LogP contribution is 2.20. The summed E-state index contributed by atoms with van der Waals surface area (Å²) in [5.41, 5.74) is -1.50. The van der Waals surface area contributed by atoms with Crippen LogP contribution in [0.15, 0.2) is 23.1 Å². The average Bonchev–Trinajstić information content (AvgIpc) is 2.25. The van der Waals surface area contributed by atoms with Gasteiger partial charge in [0.1, 0.15) is 10.7 Å². The second kappa shape index (κ2) is 5.26. The number of hydrogen-bond donors (Lipinski definition) is 2. The fourth-order valence-electron chi connectivity index (χ4n) is 1.37. The lowest BCUT2D eigenvalue weighted by atomic mass is 10.1. The number of hydrogen-bond acceptors (Lipinski definition) is 4. The minimum atomic E-state index is -3.98. The predicted molar refractivity (Wildman–Crippen MR) is 66.3 cm³/mol. The molecular weight excluding hydrogens is 275 g/mol. The Balaban J connectivity index is 3.14. The molecule has 106 valence electrons. The van der Waals surface area contributed by atoms with Crippen LogP contribution >= 0.6 is 0 Å². The van der Waals surface area contributed by atoms with Gasteiger partial charge in [0.15, 0.2) is 9.84 Å². The van der Waals surface area contributed by atoms with Crippen LogP contribution in [0.4, 0.5) is 4.39 Å². The maximum Gasteiger partial charge on any atom is 0.335 e. The van der Waals surface area contributed by atoms with Gasteiger partial charge in [-0.15, -0.1) is 0 Å². The summed E-state index contributed by atoms with van der Waals surface area (Å²) in [6, 6.07) is 2.59. The number of benzene rings is 1. The summed E-state index contributed by atoms with van der Waals surface area (Å²) >= 11 is 0. The minimum absolute atomic E-state index is 0.0773. The smallest absolute Gasteiger partial charge is 0.335 e. The molecule has 0 aromatic heterocycles. The Morgan fingerprint density at radius 1 is 1.37 bits per heavy atom. The molecule has 5 nitrogen and oxygen atoms in total. The highest BCUT2D eigenvalue weighted by molar-refractivity contribution is 7.91. The van der Waals surface area contributed by atoms with Gasteiger partial charge in [0.05, 0.1) is 16.9 Å². The number of carboxylic acids is 1. The molecule has 2 N–H and O–H groups in total. The van der Waals surface area contributed by atoms with Gasteiger partial charge < -0.3 is 10.2 Å². The first-order valence-electron chi connectivity index (χ1n) is 5.51. The summed E-state index contributed by atoms with van der Waals surface area (Å²) in [7, 11) is -3.98. The second-order valence-corrected chi connectivity index (χ2v) is 6.91. The van der Waals surface area contributed by atoms with Crippen molar-refractivity contribution in [1.82, 2.24) is 0 Å². The lowest BCUT2D eigenvalue weighted by Gasteiger charge is -2.16. The number of aromatic carboxylic acids is 1. The van der Waals surface area contributed by atoms with E-state index < -0.39 is 37.9 Å². The van der Waals surface area contributed by atoms with Gasteiger partial charge in [0.2, 0.25) is 0 Å². The van der Waals surface area contributed by atoms with Crippen LogP contribution in [0.2, 0.25) is 0 Å². The fraction of sp³-hybridized carbons (Fsp3) is 0.417. The van der Waals surface area contributed by atoms with Gasteiger partial charge in [0.25, 0.3) is 0 Å². The van der Waals surface area contributed by atoms with Crippen LogP contribution in [0.25, 0.3) is 0 Å². The van der Waals surface area contributed by atoms with Crippen molar-refractivity contribution in [1.29, 1.82) is 0 Å². The molecule has 0 spiro atoms. The van der Waals surface area contributed by atoms with Crippen molar-refractivity contribution < 1.29 is 27.8 Å². The first-order valence-corrected chi connectivity index (χ1v) is 7.16. The Kier molecular flexibility index (Phi) is 4.32. The molecule has 0 saturated heterocycles. The van der Waals surface area contributed by atoms with Crippen LogP contribution < -0.4 is 0 Å². The maximum atomic E-state index is 13.5. The number of carboxylic acid groups (broad SMARTS) is 1. The largest absolute Gasteiger partial charge is 0.478 e. The number of sulfone groups is 1. The number of aliphatic hydroxyl groups is 1. The monoisotopic (exact) mass is 290 g/mol. The van der Waals surface area contributed by atoms with Crippen LogP contribution in [0.3, 0.4) is 0 Å². The molecule has 0 unspecified atom stereocenters. The van der Waals surface area contributed by atoms with Gasteiger partial charge >= 0.3 is 5.97 Å². The number of carbonyl (C=O) groups is 1. The molecule has 0 atom stereocenters. The van der Waals surface area contributed by atoms with E-state index in [4.69, 9.17) is 5.11 Å². The number of rotatable bonds is 5. The van der Waals surface area contributed by atoms with Gasteiger partial charge in [-0.3, -0.25) is 0 Å². The summed E-state index contributed by atoms with van der Waals surface area (Å²) in [5, 5.41) is 18.3. The van der Waals surface area contributed by atoms with E-state index in [0.717, 1.165) is 18.2 Å². The standard InChI is InChI=1S/C12H15FO5S/c1-12(2,16)5-6-19(17,18)10-7-8(11(14)15)3-4-9(10)13/h3-4,7,16H,5-6H2,1-2H3,(H,14,15). The van der Waals surface area contributed by atoms with Crippen LogP contribution in [0.1, 0.15) is 30.6 Å². The maximum absolute atomic E-state index is 13.5. The summed E-state index contributed by atoms with van der Waals surface area (Å²) in [6.07, 6.45) is -0.0773. The van der Waals surface area contributed by atoms with E-state index in [0.29, 0.717) is 0 Å². The molecule has 0 radical (unpaired) electrons. The summed E-state index contributed by atoms with van der Waals surface area (Å²) in [4.78, 5) is 10.1. The Hall–Kier alpha value is -1.47. The first kappa shape index (κ1) is 15.6. The summed E-state index contributed by atoms with van der Waals surface area (Å²) < 4.78 is 37.4.